The zero-order valence-corrected chi connectivity index (χ0v) is 63.7. The van der Waals surface area contributed by atoms with E-state index >= 15 is 0 Å². The number of ketones is 3. The number of nitrogens with two attached hydrogens (primary N) is 1. The Morgan fingerprint density at radius 3 is 2.06 bits per heavy atom. The molecule has 2 bridgehead atoms. The van der Waals surface area contributed by atoms with E-state index in [9.17, 15) is 83.1 Å². The van der Waals surface area contributed by atoms with Gasteiger partial charge in [-0.15, -0.1) is 0 Å². The lowest BCUT2D eigenvalue weighted by Gasteiger charge is -2.42. The molecule has 1 aliphatic carbocycles. The molecule has 0 aromatic heterocycles. The van der Waals surface area contributed by atoms with Gasteiger partial charge in [0, 0.05) is 82.4 Å². The number of cyclic esters (lactones) is 1. The fourth-order valence-electron chi connectivity index (χ4n) is 13.3. The van der Waals surface area contributed by atoms with Crippen LogP contribution in [0.5, 0.6) is 0 Å². The van der Waals surface area contributed by atoms with Gasteiger partial charge in [0.25, 0.3) is 11.7 Å². The van der Waals surface area contributed by atoms with E-state index in [1.807, 2.05) is 39.0 Å². The number of carbonyl (C=O) groups excluding carboxylic acids is 9. The molecule has 590 valence electrons. The molecule has 31 nitrogen and oxygen atoms in total. The summed E-state index contributed by atoms with van der Waals surface area (Å²) in [6.07, 6.45) is 5.49. The molecule has 12 N–H and O–H groups in total. The van der Waals surface area contributed by atoms with E-state index in [0.717, 1.165) is 32.1 Å². The number of esters is 1. The third kappa shape index (κ3) is 29.1. The molecule has 105 heavy (non-hydrogen) atoms. The highest BCUT2D eigenvalue weighted by atomic mass is 33.1. The summed E-state index contributed by atoms with van der Waals surface area (Å²) >= 11 is 0. The van der Waals surface area contributed by atoms with E-state index in [4.69, 9.17) is 44.3 Å². The monoisotopic (exact) mass is 1520 g/mol. The van der Waals surface area contributed by atoms with Crippen molar-refractivity contribution >= 4 is 98.6 Å². The van der Waals surface area contributed by atoms with Gasteiger partial charge < -0.3 is 90.6 Å². The van der Waals surface area contributed by atoms with Gasteiger partial charge in [-0.2, -0.15) is 0 Å². The maximum atomic E-state index is 14.8. The van der Waals surface area contributed by atoms with E-state index in [-0.39, 0.29) is 80.3 Å². The van der Waals surface area contributed by atoms with Gasteiger partial charge in [-0.1, -0.05) is 99.6 Å². The Hall–Kier alpha value is -7.27. The Balaban J connectivity index is 1.60. The zero-order valence-electron chi connectivity index (χ0n) is 62.0. The predicted molar refractivity (Wildman–Crippen MR) is 387 cm³/mol. The van der Waals surface area contributed by atoms with Crippen LogP contribution in [-0.2, 0) is 85.9 Å². The van der Waals surface area contributed by atoms with Crippen molar-refractivity contribution < 1.29 is 116 Å². The standard InChI is InChI=1S/C72H111N7O24S2/c1-39-18-13-12-14-19-40(2)55(97-9)34-48-24-22-46(8)72(96,103-48)63(87)67(91)79-27-16-15-21-52(79)69(94)101-56(43(5)32-47-23-25-53(80)57(33-47)98-10)37-54(81)42(4)31-45(7)61(62(99-11)60(86)44(6)30-39)102-71(95)100-28-29-104-105-38-51(68(92)93)78-66(90)50(36-59(84)85)77-65(89)49(35-58(82)83)76-64(88)41(3)20-17-26-75-70(73)74/h12-14,18-19,31,39,41-44,46-53,55-57,61-62,80,96H,15-17,20-30,32-38H2,1-11H3,(H,76,88)(H,77,89)(H,78,90)(H,82,83)(H,84,85)(H,92,93)(H4,73,74,75)/b14-12+,18-13+,40-19+,45-31+/t39-,41+,42-,43-,44-,46-,47+,48+,49+,50+,51+,52+,53-,55+,56+,57-,61-,62+,72-/m1/s1. The number of carboxylic acids is 3. The number of rotatable bonds is 28. The Bertz CT molecular complexity index is 3130. The minimum Gasteiger partial charge on any atom is -0.481 e. The molecule has 0 spiro atoms. The first kappa shape index (κ1) is 90.1. The van der Waals surface area contributed by atoms with Crippen LogP contribution in [0.2, 0.25) is 0 Å². The predicted octanol–water partition coefficient (Wildman–Crippen LogP) is 5.11. The summed E-state index contributed by atoms with van der Waals surface area (Å²) < 4.78 is 41.2. The number of fused-ring (bicyclic) bond motifs is 3. The van der Waals surface area contributed by atoms with Crippen LogP contribution < -0.4 is 27.0 Å². The number of ether oxygens (including phenoxy) is 7. The number of aliphatic hydroxyl groups is 2. The summed E-state index contributed by atoms with van der Waals surface area (Å²) in [6, 6.07) is -6.70. The number of carbonyl (C=O) groups is 12. The van der Waals surface area contributed by atoms with Crippen LogP contribution in [0.3, 0.4) is 0 Å². The van der Waals surface area contributed by atoms with Crippen molar-refractivity contribution in [3.05, 3.63) is 47.6 Å². The van der Waals surface area contributed by atoms with Crippen molar-refractivity contribution in [1.82, 2.24) is 26.2 Å². The van der Waals surface area contributed by atoms with Crippen LogP contribution >= 0.6 is 21.6 Å². The van der Waals surface area contributed by atoms with Crippen molar-refractivity contribution in [2.45, 2.75) is 231 Å². The molecule has 19 atom stereocenters. The molecule has 0 aromatic rings. The van der Waals surface area contributed by atoms with Gasteiger partial charge >= 0.3 is 30.0 Å². The quantitative estimate of drug-likeness (QED) is 0.00922. The van der Waals surface area contributed by atoms with Gasteiger partial charge in [0.05, 0.1) is 37.3 Å². The first-order chi connectivity index (χ1) is 49.5. The van der Waals surface area contributed by atoms with Crippen LogP contribution in [0.1, 0.15) is 158 Å². The molecule has 4 aliphatic rings. The van der Waals surface area contributed by atoms with Crippen LogP contribution in [0.25, 0.3) is 0 Å². The number of aliphatic carboxylic acids is 3. The highest BCUT2D eigenvalue weighted by molar-refractivity contribution is 8.76. The minimum absolute atomic E-state index is 0.0118. The maximum absolute atomic E-state index is 14.8. The van der Waals surface area contributed by atoms with Crippen LogP contribution in [0.15, 0.2) is 47.6 Å². The Morgan fingerprint density at radius 1 is 0.781 bits per heavy atom. The summed E-state index contributed by atoms with van der Waals surface area (Å²) in [5.74, 6) is -19.2. The molecule has 1 saturated carbocycles. The normalized spacial score (nSPS) is 30.3. The molecule has 3 aliphatic heterocycles. The van der Waals surface area contributed by atoms with Gasteiger partial charge in [0.2, 0.25) is 23.5 Å². The van der Waals surface area contributed by atoms with Gasteiger partial charge in [-0.25, -0.2) is 14.4 Å². The maximum Gasteiger partial charge on any atom is 0.509 e. The van der Waals surface area contributed by atoms with Crippen molar-refractivity contribution in [2.24, 2.45) is 47.2 Å². The average molecular weight is 1520 g/mol. The molecule has 0 unspecified atom stereocenters. The first-order valence-corrected chi connectivity index (χ1v) is 38.3. The molecular weight excluding hydrogens is 1410 g/mol. The number of carboxylic acid groups (broad SMARTS) is 3. The van der Waals surface area contributed by atoms with E-state index in [0.29, 0.717) is 64.2 Å². The highest BCUT2D eigenvalue weighted by Crippen LogP contribution is 2.38. The number of Topliss-reactive ketones (excluding diaryl/α,β-unsaturated/α-hetero) is 3. The number of methoxy groups -OCH3 is 3. The number of allylic oxidation sites excluding steroid dienone is 6. The fourth-order valence-corrected chi connectivity index (χ4v) is 15.3. The van der Waals surface area contributed by atoms with Gasteiger partial charge in [-0.3, -0.25) is 48.6 Å². The number of hydrogen-bond donors (Lipinski definition) is 11. The molecule has 3 fully saturated rings. The zero-order chi connectivity index (χ0) is 78.4. The SMILES string of the molecule is CO[C@H]1C[C@@H]2CC[C@@H](C)[C@@](O)(O2)C(=O)C(=O)N2CCCC[C@H]2C(=O)O[C@H]([C@H](C)C[C@@H]2CC[C@@H](O)[C@H](OC)C2)CC(=O)[C@H](C)/C=C(\C)[C@@H](OC(=O)OCCSSC[C@H](NC(=O)[C@H](CC(=O)O)NC(=O)[C@H](CC(=O)O)NC(=O)[C@@H](C)CCCNC(=N)N)C(=O)O)[C@@H](OC)C(=O)[C@H](C)C[C@H](C)/C=C/C=C/C=C/1C. The average Bonchev–Trinajstić information content (AvgIpc) is 0.772. The van der Waals surface area contributed by atoms with Gasteiger partial charge in [-0.05, 0) is 120 Å². The lowest BCUT2D eigenvalue weighted by Crippen LogP contribution is -2.61. The molecule has 33 heteroatoms. The van der Waals surface area contributed by atoms with Crippen LogP contribution in [-0.4, -0.2) is 233 Å². The summed E-state index contributed by atoms with van der Waals surface area (Å²) in [5, 5.41) is 68.4. The molecule has 3 heterocycles. The summed E-state index contributed by atoms with van der Waals surface area (Å²) in [5.41, 5.74) is 6.26. The number of aliphatic hydroxyl groups excluding tert-OH is 1. The third-order valence-electron chi connectivity index (χ3n) is 19.6. The fraction of sp³-hybridized carbons (Fsp3) is 0.708. The van der Waals surface area contributed by atoms with E-state index in [1.54, 1.807) is 32.9 Å². The minimum atomic E-state index is -2.53. The second-order valence-corrected chi connectivity index (χ2v) is 30.6. The highest BCUT2D eigenvalue weighted by Gasteiger charge is 2.53. The van der Waals surface area contributed by atoms with Gasteiger partial charge in [0.15, 0.2) is 24.0 Å². The topological polar surface area (TPSA) is 472 Å². The number of guanidine groups is 1. The number of hydrogen-bond acceptors (Lipinski definition) is 24. The van der Waals surface area contributed by atoms with E-state index < -0.39 is 186 Å². The number of nitrogens with one attached hydrogen (secondary N) is 5. The van der Waals surface area contributed by atoms with Crippen molar-refractivity contribution in [3.63, 3.8) is 0 Å². The lowest BCUT2D eigenvalue weighted by atomic mass is 9.78. The van der Waals surface area contributed by atoms with Crippen molar-refractivity contribution in [3.8, 4) is 0 Å². The summed E-state index contributed by atoms with van der Waals surface area (Å²) in [6.45, 7) is 13.4. The second-order valence-electron chi connectivity index (χ2n) is 28.0. The van der Waals surface area contributed by atoms with Crippen LogP contribution in [0.4, 0.5) is 4.79 Å². The Labute approximate surface area is 621 Å². The molecule has 4 amide bonds. The summed E-state index contributed by atoms with van der Waals surface area (Å²) in [7, 11) is 6.18. The number of piperidine rings is 1. The Morgan fingerprint density at radius 2 is 1.44 bits per heavy atom. The second kappa shape index (κ2) is 44.8. The smallest absolute Gasteiger partial charge is 0.481 e. The molecule has 0 radical (unpaired) electrons. The van der Waals surface area contributed by atoms with Crippen molar-refractivity contribution in [2.75, 3.05) is 52.5 Å². The Kier molecular flexibility index (Phi) is 38.4. The molecular formula is C72H111N7O24S2. The molecule has 4 rings (SSSR count). The number of amides is 4. The largest absolute Gasteiger partial charge is 0.509 e. The van der Waals surface area contributed by atoms with Crippen molar-refractivity contribution in [1.29, 1.82) is 5.41 Å². The molecule has 0 aromatic carbocycles. The van der Waals surface area contributed by atoms with E-state index in [2.05, 4.69) is 21.3 Å². The van der Waals surface area contributed by atoms with E-state index in [1.165, 1.54) is 41.3 Å². The first-order valence-electron chi connectivity index (χ1n) is 35.8. The van der Waals surface area contributed by atoms with Gasteiger partial charge in [0.1, 0.15) is 42.7 Å². The third-order valence-corrected chi connectivity index (χ3v) is 22.0. The lowest BCUT2D eigenvalue weighted by molar-refractivity contribution is -0.265. The molecule has 2 saturated heterocycles. The van der Waals surface area contributed by atoms with Crippen LogP contribution in [0, 0.1) is 46.8 Å². The summed E-state index contributed by atoms with van der Waals surface area (Å²) in [4.78, 5) is 164. The number of nitrogens with zero attached hydrogens (tertiary/aromatic N) is 1.